The van der Waals surface area contributed by atoms with Crippen molar-refractivity contribution in [3.63, 3.8) is 0 Å². The Morgan fingerprint density at radius 2 is 2.11 bits per heavy atom. The Bertz CT molecular complexity index is 438. The highest BCUT2D eigenvalue weighted by Gasteiger charge is 2.34. The lowest BCUT2D eigenvalue weighted by molar-refractivity contribution is 0.166. The monoisotopic (exact) mass is 320 g/mol. The molecule has 19 heavy (non-hydrogen) atoms. The smallest absolute Gasteiger partial charge is 0.110 e. The number of rotatable bonds is 3. The molecule has 3 nitrogen and oxygen atoms in total. The first kappa shape index (κ1) is 15.5. The maximum atomic E-state index is 10.7. The largest absolute Gasteiger partial charge is 0.386 e. The van der Waals surface area contributed by atoms with Gasteiger partial charge in [0.25, 0.3) is 0 Å². The van der Waals surface area contributed by atoms with Crippen LogP contribution in [0, 0.1) is 0 Å². The van der Waals surface area contributed by atoms with Crippen LogP contribution in [-0.2, 0) is 0 Å². The third-order valence-corrected chi connectivity index (χ3v) is 7.25. The Kier molecular flexibility index (Phi) is 5.15. The molecule has 2 heterocycles. The van der Waals surface area contributed by atoms with Crippen molar-refractivity contribution in [2.45, 2.75) is 55.6 Å². The zero-order valence-electron chi connectivity index (χ0n) is 11.7. The minimum Gasteiger partial charge on any atom is -0.386 e. The van der Waals surface area contributed by atoms with Gasteiger partial charge in [-0.05, 0) is 13.8 Å². The summed E-state index contributed by atoms with van der Waals surface area (Å²) in [7, 11) is 0. The summed E-state index contributed by atoms with van der Waals surface area (Å²) in [6, 6.07) is 0.203. The van der Waals surface area contributed by atoms with Crippen LogP contribution in [0.25, 0.3) is 0 Å². The summed E-state index contributed by atoms with van der Waals surface area (Å²) in [6.45, 7) is 8.57. The van der Waals surface area contributed by atoms with Crippen molar-refractivity contribution in [1.29, 1.82) is 0 Å². The van der Waals surface area contributed by atoms with Gasteiger partial charge in [0.1, 0.15) is 6.10 Å². The maximum Gasteiger partial charge on any atom is 0.110 e. The van der Waals surface area contributed by atoms with Gasteiger partial charge in [-0.25, -0.2) is 0 Å². The number of aliphatic hydroxyl groups excluding tert-OH is 1. The lowest BCUT2D eigenvalue weighted by atomic mass is 10.2. The Morgan fingerprint density at radius 3 is 2.68 bits per heavy atom. The molecule has 0 saturated carbocycles. The van der Waals surface area contributed by atoms with E-state index in [9.17, 15) is 5.11 Å². The molecule has 4 atom stereocenters. The number of nitrogens with zero attached hydrogens (tertiary/aromatic N) is 2. The van der Waals surface area contributed by atoms with Gasteiger partial charge in [-0.1, -0.05) is 25.4 Å². The molecule has 1 aromatic rings. The molecule has 0 bridgehead atoms. The van der Waals surface area contributed by atoms with Crippen LogP contribution in [0.5, 0.6) is 0 Å². The van der Waals surface area contributed by atoms with Crippen LogP contribution in [0.2, 0.25) is 5.02 Å². The summed E-state index contributed by atoms with van der Waals surface area (Å²) in [5.41, 5.74) is 0.761. The molecule has 0 amide bonds. The van der Waals surface area contributed by atoms with Gasteiger partial charge in [-0.15, -0.1) is 0 Å². The fourth-order valence-electron chi connectivity index (χ4n) is 2.19. The molecule has 1 fully saturated rings. The molecular formula is C13H21ClN2OS2. The second-order valence-corrected chi connectivity index (χ2v) is 8.72. The normalized spacial score (nSPS) is 29.7. The highest BCUT2D eigenvalue weighted by Crippen LogP contribution is 2.42. The molecule has 0 radical (unpaired) electrons. The Hall–Kier alpha value is 0.160. The number of hydrogen-bond donors (Lipinski definition) is 1. The van der Waals surface area contributed by atoms with Crippen LogP contribution < -0.4 is 0 Å². The Balaban J connectivity index is 2.20. The summed E-state index contributed by atoms with van der Waals surface area (Å²) in [4.78, 5) is 0. The first-order chi connectivity index (χ1) is 8.91. The number of halogens is 1. The average Bonchev–Trinajstić information content (AvgIpc) is 2.74. The van der Waals surface area contributed by atoms with Gasteiger partial charge in [0.05, 0.1) is 16.9 Å². The Morgan fingerprint density at radius 1 is 1.42 bits per heavy atom. The number of hydrogen-bond acceptors (Lipinski definition) is 4. The summed E-state index contributed by atoms with van der Waals surface area (Å²) in [6.07, 6.45) is 1.08. The second kappa shape index (κ2) is 6.29. The van der Waals surface area contributed by atoms with Gasteiger partial charge in [0.15, 0.2) is 0 Å². The fourth-order valence-corrected chi connectivity index (χ4v) is 5.41. The first-order valence-electron chi connectivity index (χ1n) is 6.59. The molecule has 2 rings (SSSR count). The molecule has 0 aromatic carbocycles. The second-order valence-electron chi connectivity index (χ2n) is 5.28. The van der Waals surface area contributed by atoms with E-state index in [1.165, 1.54) is 0 Å². The molecule has 1 aliphatic rings. The van der Waals surface area contributed by atoms with E-state index >= 15 is 0 Å². The van der Waals surface area contributed by atoms with E-state index in [1.807, 2.05) is 42.1 Å². The van der Waals surface area contributed by atoms with Crippen LogP contribution >= 0.6 is 35.1 Å². The van der Waals surface area contributed by atoms with Crippen molar-refractivity contribution in [1.82, 2.24) is 9.78 Å². The molecule has 1 saturated heterocycles. The summed E-state index contributed by atoms with van der Waals surface area (Å²) in [5.74, 6) is 0.955. The van der Waals surface area contributed by atoms with Gasteiger partial charge in [0.2, 0.25) is 0 Å². The van der Waals surface area contributed by atoms with Gasteiger partial charge in [-0.2, -0.15) is 28.6 Å². The first-order valence-corrected chi connectivity index (χ1v) is 8.96. The summed E-state index contributed by atoms with van der Waals surface area (Å²) >= 11 is 9.99. The third-order valence-electron chi connectivity index (χ3n) is 3.48. The number of thioether (sulfide) groups is 2. The quantitative estimate of drug-likeness (QED) is 0.920. The van der Waals surface area contributed by atoms with Crippen molar-refractivity contribution in [3.05, 3.63) is 16.9 Å². The van der Waals surface area contributed by atoms with Crippen molar-refractivity contribution in [2.24, 2.45) is 0 Å². The molecule has 0 spiro atoms. The van der Waals surface area contributed by atoms with E-state index in [-0.39, 0.29) is 11.3 Å². The number of aromatic nitrogens is 2. The zero-order chi connectivity index (χ0) is 14.2. The predicted molar refractivity (Wildman–Crippen MR) is 85.3 cm³/mol. The van der Waals surface area contributed by atoms with E-state index in [4.69, 9.17) is 11.6 Å². The van der Waals surface area contributed by atoms with Crippen LogP contribution in [-0.4, -0.2) is 36.4 Å². The molecule has 1 aromatic heterocycles. The van der Waals surface area contributed by atoms with Crippen LogP contribution in [0.15, 0.2) is 6.20 Å². The number of aliphatic hydroxyl groups is 1. The van der Waals surface area contributed by atoms with Crippen molar-refractivity contribution < 1.29 is 5.11 Å². The SMILES string of the molecule is CC1SCC(C(O)c2c(Cl)cnn2C(C)C)SC1C. The highest BCUT2D eigenvalue weighted by molar-refractivity contribution is 8.07. The van der Waals surface area contributed by atoms with Crippen molar-refractivity contribution in [2.75, 3.05) is 5.75 Å². The minimum absolute atomic E-state index is 0.183. The molecule has 0 aliphatic carbocycles. The Labute approximate surface area is 128 Å². The van der Waals surface area contributed by atoms with Gasteiger partial charge >= 0.3 is 0 Å². The van der Waals surface area contributed by atoms with E-state index in [1.54, 1.807) is 6.20 Å². The van der Waals surface area contributed by atoms with E-state index < -0.39 is 6.10 Å². The standard InChI is InChI=1S/C13H21ClN2OS2/c1-7(2)16-12(10(14)5-15-16)13(17)11-6-18-8(3)9(4)19-11/h5,7-9,11,13,17H,6H2,1-4H3. The highest BCUT2D eigenvalue weighted by atomic mass is 35.5. The van der Waals surface area contributed by atoms with Crippen LogP contribution in [0.4, 0.5) is 0 Å². The van der Waals surface area contributed by atoms with Gasteiger partial charge in [0, 0.05) is 27.5 Å². The molecule has 1 N–H and O–H groups in total. The van der Waals surface area contributed by atoms with Gasteiger partial charge in [-0.3, -0.25) is 4.68 Å². The molecular weight excluding hydrogens is 300 g/mol. The molecule has 6 heteroatoms. The minimum atomic E-state index is -0.551. The maximum absolute atomic E-state index is 10.7. The third kappa shape index (κ3) is 3.26. The van der Waals surface area contributed by atoms with Gasteiger partial charge < -0.3 is 5.11 Å². The molecule has 4 unspecified atom stereocenters. The predicted octanol–water partition coefficient (Wildman–Crippen LogP) is 3.78. The van der Waals surface area contributed by atoms with Crippen LogP contribution in [0.1, 0.15) is 45.5 Å². The van der Waals surface area contributed by atoms with Crippen LogP contribution in [0.3, 0.4) is 0 Å². The average molecular weight is 321 g/mol. The topological polar surface area (TPSA) is 38.1 Å². The lowest BCUT2D eigenvalue weighted by Crippen LogP contribution is -2.31. The van der Waals surface area contributed by atoms with E-state index in [0.29, 0.717) is 15.5 Å². The zero-order valence-corrected chi connectivity index (χ0v) is 14.1. The molecule has 1 aliphatic heterocycles. The van der Waals surface area contributed by atoms with Crippen molar-refractivity contribution in [3.8, 4) is 0 Å². The lowest BCUT2D eigenvalue weighted by Gasteiger charge is -2.34. The summed E-state index contributed by atoms with van der Waals surface area (Å²) in [5, 5.41) is 16.9. The van der Waals surface area contributed by atoms with Crippen molar-refractivity contribution >= 4 is 35.1 Å². The van der Waals surface area contributed by atoms with E-state index in [2.05, 4.69) is 18.9 Å². The summed E-state index contributed by atoms with van der Waals surface area (Å²) < 4.78 is 1.83. The van der Waals surface area contributed by atoms with E-state index in [0.717, 1.165) is 11.4 Å². The molecule has 108 valence electrons. The fraction of sp³-hybridized carbons (Fsp3) is 0.769.